The number of hydrogen-bond donors (Lipinski definition) is 1. The minimum Gasteiger partial charge on any atom is -0.323 e. The molecule has 170 valence electrons. The predicted octanol–water partition coefficient (Wildman–Crippen LogP) is 3.28. The van der Waals surface area contributed by atoms with Crippen LogP contribution in [0.3, 0.4) is 0 Å². The fourth-order valence-electron chi connectivity index (χ4n) is 4.79. The zero-order valence-electron chi connectivity index (χ0n) is 17.7. The first-order valence-corrected chi connectivity index (χ1v) is 10.9. The largest absolute Gasteiger partial charge is 0.416 e. The van der Waals surface area contributed by atoms with Crippen molar-refractivity contribution in [3.05, 3.63) is 35.4 Å². The predicted molar refractivity (Wildman–Crippen MR) is 109 cm³/mol. The lowest BCUT2D eigenvalue weighted by atomic mass is 9.77. The molecule has 0 atom stereocenters. The number of alkyl halides is 3. The summed E-state index contributed by atoms with van der Waals surface area (Å²) in [6, 6.07) is 5.11. The summed E-state index contributed by atoms with van der Waals surface area (Å²) < 4.78 is 38.8. The van der Waals surface area contributed by atoms with Crippen molar-refractivity contribution >= 4 is 11.9 Å². The third-order valence-corrected chi connectivity index (χ3v) is 6.84. The summed E-state index contributed by atoms with van der Waals surface area (Å²) in [4.78, 5) is 31.0. The number of nitrogens with zero attached hydrogens (tertiary/aromatic N) is 3. The normalized spacial score (nSPS) is 28.4. The molecule has 9 heteroatoms. The molecule has 0 aromatic heterocycles. The number of piperazine rings is 1. The molecular formula is C22H29F3N4O2. The summed E-state index contributed by atoms with van der Waals surface area (Å²) in [5.74, 6) is 0.463. The first kappa shape index (κ1) is 22.1. The number of halogens is 3. The average Bonchev–Trinajstić information content (AvgIpc) is 2.95. The molecular weight excluding hydrogens is 409 g/mol. The highest BCUT2D eigenvalue weighted by Gasteiger charge is 2.52. The molecule has 2 saturated heterocycles. The van der Waals surface area contributed by atoms with Gasteiger partial charge in [-0.2, -0.15) is 13.2 Å². The number of rotatable bonds is 4. The average molecular weight is 438 g/mol. The van der Waals surface area contributed by atoms with Crippen molar-refractivity contribution < 1.29 is 22.8 Å². The van der Waals surface area contributed by atoms with Gasteiger partial charge in [-0.1, -0.05) is 25.1 Å². The van der Waals surface area contributed by atoms with E-state index in [1.165, 1.54) is 17.0 Å². The Morgan fingerprint density at radius 2 is 1.71 bits per heavy atom. The second-order valence-corrected chi connectivity index (χ2v) is 9.16. The topological polar surface area (TPSA) is 55.9 Å². The van der Waals surface area contributed by atoms with E-state index in [1.54, 1.807) is 6.07 Å². The second kappa shape index (κ2) is 8.43. The Labute approximate surface area is 180 Å². The fourth-order valence-corrected chi connectivity index (χ4v) is 4.79. The Kier molecular flexibility index (Phi) is 6.00. The van der Waals surface area contributed by atoms with Gasteiger partial charge in [0, 0.05) is 32.7 Å². The van der Waals surface area contributed by atoms with Crippen LogP contribution in [0.5, 0.6) is 0 Å². The quantitative estimate of drug-likeness (QED) is 0.734. The van der Waals surface area contributed by atoms with Crippen LogP contribution in [0.1, 0.15) is 43.7 Å². The number of benzene rings is 1. The van der Waals surface area contributed by atoms with Gasteiger partial charge in [-0.25, -0.2) is 9.69 Å². The van der Waals surface area contributed by atoms with E-state index < -0.39 is 17.3 Å². The molecule has 2 heterocycles. The van der Waals surface area contributed by atoms with Crippen LogP contribution in [-0.2, 0) is 17.5 Å². The Hall–Kier alpha value is -2.13. The molecule has 1 N–H and O–H groups in total. The SMILES string of the molecule is CC1CCC2(CC1)NC(=O)N(CN1CCN(Cc3cccc(C(F)(F)F)c3)CC1)C2=O. The van der Waals surface area contributed by atoms with E-state index in [9.17, 15) is 22.8 Å². The van der Waals surface area contributed by atoms with Crippen LogP contribution >= 0.6 is 0 Å². The van der Waals surface area contributed by atoms with Gasteiger partial charge >= 0.3 is 12.2 Å². The second-order valence-electron chi connectivity index (χ2n) is 9.16. The molecule has 31 heavy (non-hydrogen) atoms. The van der Waals surface area contributed by atoms with Crippen molar-refractivity contribution in [1.29, 1.82) is 0 Å². The maximum absolute atomic E-state index is 13.0. The number of amides is 3. The molecule has 0 bridgehead atoms. The lowest BCUT2D eigenvalue weighted by Gasteiger charge is -2.37. The fraction of sp³-hybridized carbons (Fsp3) is 0.636. The van der Waals surface area contributed by atoms with E-state index in [4.69, 9.17) is 0 Å². The highest BCUT2D eigenvalue weighted by Crippen LogP contribution is 2.36. The van der Waals surface area contributed by atoms with Gasteiger partial charge in [-0.15, -0.1) is 0 Å². The third-order valence-electron chi connectivity index (χ3n) is 6.84. The van der Waals surface area contributed by atoms with Gasteiger partial charge in [0.05, 0.1) is 12.2 Å². The Balaban J connectivity index is 1.30. The summed E-state index contributed by atoms with van der Waals surface area (Å²) >= 11 is 0. The van der Waals surface area contributed by atoms with E-state index >= 15 is 0 Å². The van der Waals surface area contributed by atoms with E-state index in [1.807, 2.05) is 0 Å². The Morgan fingerprint density at radius 3 is 2.35 bits per heavy atom. The van der Waals surface area contributed by atoms with Gasteiger partial charge in [0.25, 0.3) is 5.91 Å². The molecule has 0 unspecified atom stereocenters. The lowest BCUT2D eigenvalue weighted by molar-refractivity contribution is -0.137. The maximum Gasteiger partial charge on any atom is 0.416 e. The number of imide groups is 1. The summed E-state index contributed by atoms with van der Waals surface area (Å²) in [5.41, 5.74) is -0.728. The molecule has 1 saturated carbocycles. The number of nitrogens with one attached hydrogen (secondary N) is 1. The van der Waals surface area contributed by atoms with Gasteiger partial charge < -0.3 is 5.32 Å². The number of urea groups is 1. The molecule has 1 aromatic carbocycles. The van der Waals surface area contributed by atoms with Crippen molar-refractivity contribution in [3.8, 4) is 0 Å². The molecule has 0 radical (unpaired) electrons. The Morgan fingerprint density at radius 1 is 1.06 bits per heavy atom. The Bertz CT molecular complexity index is 828. The molecule has 1 aliphatic carbocycles. The van der Waals surface area contributed by atoms with E-state index in [-0.39, 0.29) is 18.6 Å². The first-order chi connectivity index (χ1) is 14.7. The van der Waals surface area contributed by atoms with E-state index in [0.717, 1.165) is 18.9 Å². The molecule has 1 spiro atoms. The molecule has 6 nitrogen and oxygen atoms in total. The van der Waals surface area contributed by atoms with Crippen molar-refractivity contribution in [2.45, 2.75) is 50.9 Å². The molecule has 1 aromatic rings. The van der Waals surface area contributed by atoms with Crippen LogP contribution in [-0.4, -0.2) is 65.0 Å². The van der Waals surface area contributed by atoms with Gasteiger partial charge in [0.2, 0.25) is 0 Å². The highest BCUT2D eigenvalue weighted by molar-refractivity contribution is 6.07. The van der Waals surface area contributed by atoms with Gasteiger partial charge in [-0.05, 0) is 43.2 Å². The van der Waals surface area contributed by atoms with Crippen molar-refractivity contribution in [2.75, 3.05) is 32.8 Å². The molecule has 3 aliphatic rings. The van der Waals surface area contributed by atoms with E-state index in [2.05, 4.69) is 22.0 Å². The number of hydrogen-bond acceptors (Lipinski definition) is 4. The van der Waals surface area contributed by atoms with Crippen LogP contribution in [0.25, 0.3) is 0 Å². The van der Waals surface area contributed by atoms with Gasteiger partial charge in [-0.3, -0.25) is 14.6 Å². The monoisotopic (exact) mass is 438 g/mol. The smallest absolute Gasteiger partial charge is 0.323 e. The van der Waals surface area contributed by atoms with Crippen LogP contribution in [0.2, 0.25) is 0 Å². The summed E-state index contributed by atoms with van der Waals surface area (Å²) in [5, 5.41) is 2.95. The molecule has 3 amide bonds. The van der Waals surface area contributed by atoms with E-state index in [0.29, 0.717) is 57.0 Å². The van der Waals surface area contributed by atoms with Crippen LogP contribution in [0, 0.1) is 5.92 Å². The molecule has 3 fully saturated rings. The highest BCUT2D eigenvalue weighted by atomic mass is 19.4. The number of carbonyl (C=O) groups is 2. The zero-order chi connectivity index (χ0) is 22.2. The lowest BCUT2D eigenvalue weighted by Crippen LogP contribution is -2.52. The molecule has 4 rings (SSSR count). The molecule has 2 aliphatic heterocycles. The maximum atomic E-state index is 13.0. The first-order valence-electron chi connectivity index (χ1n) is 10.9. The summed E-state index contributed by atoms with van der Waals surface area (Å²) in [6.45, 7) is 5.53. The van der Waals surface area contributed by atoms with Crippen LogP contribution < -0.4 is 5.32 Å². The zero-order valence-corrected chi connectivity index (χ0v) is 17.7. The van der Waals surface area contributed by atoms with Crippen molar-refractivity contribution in [1.82, 2.24) is 20.0 Å². The minimum atomic E-state index is -4.34. The van der Waals surface area contributed by atoms with Crippen LogP contribution in [0.4, 0.5) is 18.0 Å². The number of carbonyl (C=O) groups excluding carboxylic acids is 2. The standard InChI is InChI=1S/C22H29F3N4O2/c1-16-5-7-21(8-6-16)19(30)29(20(31)26-21)15-28-11-9-27(10-12-28)14-17-3-2-4-18(13-17)22(23,24)25/h2-4,13,16H,5-12,14-15H2,1H3,(H,26,31). The van der Waals surface area contributed by atoms with Crippen molar-refractivity contribution in [3.63, 3.8) is 0 Å². The minimum absolute atomic E-state index is 0.115. The van der Waals surface area contributed by atoms with Crippen molar-refractivity contribution in [2.24, 2.45) is 5.92 Å². The summed E-state index contributed by atoms with van der Waals surface area (Å²) in [7, 11) is 0. The van der Waals surface area contributed by atoms with Gasteiger partial charge in [0.1, 0.15) is 5.54 Å². The summed E-state index contributed by atoms with van der Waals surface area (Å²) in [6.07, 6.45) is -1.08. The van der Waals surface area contributed by atoms with Gasteiger partial charge in [0.15, 0.2) is 0 Å². The van der Waals surface area contributed by atoms with Crippen LogP contribution in [0.15, 0.2) is 24.3 Å². The third kappa shape index (κ3) is 4.72.